The van der Waals surface area contributed by atoms with Gasteiger partial charge in [-0.05, 0) is 35.7 Å². The van der Waals surface area contributed by atoms with Gasteiger partial charge in [-0.2, -0.15) is 5.26 Å². The highest BCUT2D eigenvalue weighted by atomic mass is 16.5. The molecule has 1 aliphatic rings. The molecule has 1 aromatic heterocycles. The highest BCUT2D eigenvalue weighted by Crippen LogP contribution is 2.47. The predicted molar refractivity (Wildman–Crippen MR) is 112 cm³/mol. The molecule has 0 fully saturated rings. The number of ether oxygens (including phenoxy) is 3. The van der Waals surface area contributed by atoms with Crippen LogP contribution in [0.25, 0.3) is 11.3 Å². The van der Waals surface area contributed by atoms with Crippen LogP contribution in [0.3, 0.4) is 0 Å². The number of aromatic amines is 1. The van der Waals surface area contributed by atoms with Gasteiger partial charge in [-0.15, -0.1) is 5.10 Å². The van der Waals surface area contributed by atoms with Crippen molar-refractivity contribution in [1.29, 1.82) is 5.26 Å². The summed E-state index contributed by atoms with van der Waals surface area (Å²) in [5.74, 6) is 1.30. The highest BCUT2D eigenvalue weighted by molar-refractivity contribution is 5.76. The first-order valence-corrected chi connectivity index (χ1v) is 9.58. The lowest BCUT2D eigenvalue weighted by Crippen LogP contribution is -2.21. The standard InChI is InChI=1S/C23H22N4O3/c1-4-13-5-7-14(8-6-13)19-17(12-24)22(25)30-23-20(19)21(26-27-23)16-11-15(28-2)9-10-18(16)29-3/h5-11,19H,4,25H2,1-3H3,(H,26,27). The summed E-state index contributed by atoms with van der Waals surface area (Å²) in [4.78, 5) is 0. The summed E-state index contributed by atoms with van der Waals surface area (Å²) in [6.07, 6.45) is 0.931. The number of H-pyrrole nitrogens is 1. The van der Waals surface area contributed by atoms with Gasteiger partial charge in [-0.1, -0.05) is 31.2 Å². The van der Waals surface area contributed by atoms with Crippen molar-refractivity contribution in [3.8, 4) is 34.7 Å². The Bertz CT molecular complexity index is 1160. The van der Waals surface area contributed by atoms with E-state index in [4.69, 9.17) is 19.9 Å². The van der Waals surface area contributed by atoms with Crippen molar-refractivity contribution in [1.82, 2.24) is 10.2 Å². The number of rotatable bonds is 5. The molecule has 1 aliphatic heterocycles. The first kappa shape index (κ1) is 19.4. The molecule has 0 saturated heterocycles. The third-order valence-electron chi connectivity index (χ3n) is 5.34. The lowest BCUT2D eigenvalue weighted by molar-refractivity contribution is 0.379. The lowest BCUT2D eigenvalue weighted by atomic mass is 9.82. The predicted octanol–water partition coefficient (Wildman–Crippen LogP) is 3.87. The Balaban J connectivity index is 1.95. The van der Waals surface area contributed by atoms with Gasteiger partial charge in [0.05, 0.1) is 31.4 Å². The molecule has 2 aromatic carbocycles. The Morgan fingerprint density at radius 1 is 1.17 bits per heavy atom. The number of hydrogen-bond donors (Lipinski definition) is 2. The van der Waals surface area contributed by atoms with Crippen LogP contribution in [-0.4, -0.2) is 24.4 Å². The van der Waals surface area contributed by atoms with E-state index in [9.17, 15) is 5.26 Å². The summed E-state index contributed by atoms with van der Waals surface area (Å²) < 4.78 is 16.6. The number of aryl methyl sites for hydroxylation is 1. The Morgan fingerprint density at radius 3 is 2.57 bits per heavy atom. The number of nitriles is 1. The van der Waals surface area contributed by atoms with Crippen molar-refractivity contribution in [3.05, 3.63) is 70.6 Å². The fraction of sp³-hybridized carbons (Fsp3) is 0.217. The molecular formula is C23H22N4O3. The molecule has 3 N–H and O–H groups in total. The van der Waals surface area contributed by atoms with Gasteiger partial charge >= 0.3 is 0 Å². The van der Waals surface area contributed by atoms with Crippen molar-refractivity contribution in [3.63, 3.8) is 0 Å². The highest BCUT2D eigenvalue weighted by Gasteiger charge is 2.36. The van der Waals surface area contributed by atoms with E-state index in [2.05, 4.69) is 35.3 Å². The van der Waals surface area contributed by atoms with E-state index in [0.717, 1.165) is 23.1 Å². The monoisotopic (exact) mass is 402 g/mol. The second-order valence-electron chi connectivity index (χ2n) is 6.90. The van der Waals surface area contributed by atoms with Gasteiger partial charge in [0.1, 0.15) is 23.1 Å². The molecule has 0 amide bonds. The largest absolute Gasteiger partial charge is 0.497 e. The summed E-state index contributed by atoms with van der Waals surface area (Å²) in [7, 11) is 3.20. The van der Waals surface area contributed by atoms with E-state index in [1.807, 2.05) is 30.3 Å². The van der Waals surface area contributed by atoms with E-state index in [1.54, 1.807) is 14.2 Å². The normalized spacial score (nSPS) is 15.2. The Kier molecular flexibility index (Phi) is 5.07. The van der Waals surface area contributed by atoms with Crippen LogP contribution in [0.5, 0.6) is 17.4 Å². The smallest absolute Gasteiger partial charge is 0.244 e. The number of fused-ring (bicyclic) bond motifs is 1. The van der Waals surface area contributed by atoms with Crippen LogP contribution in [-0.2, 0) is 6.42 Å². The number of methoxy groups -OCH3 is 2. The molecule has 0 spiro atoms. The molecule has 0 radical (unpaired) electrons. The molecule has 2 heterocycles. The van der Waals surface area contributed by atoms with Crippen LogP contribution in [0.15, 0.2) is 53.9 Å². The van der Waals surface area contributed by atoms with E-state index in [1.165, 1.54) is 5.56 Å². The fourth-order valence-electron chi connectivity index (χ4n) is 3.74. The molecule has 4 rings (SSSR count). The maximum absolute atomic E-state index is 9.86. The molecule has 0 saturated carbocycles. The molecule has 1 atom stereocenters. The van der Waals surface area contributed by atoms with Gasteiger partial charge < -0.3 is 19.9 Å². The van der Waals surface area contributed by atoms with Crippen molar-refractivity contribution in [2.75, 3.05) is 14.2 Å². The number of nitrogens with zero attached hydrogens (tertiary/aromatic N) is 2. The fourth-order valence-corrected chi connectivity index (χ4v) is 3.74. The van der Waals surface area contributed by atoms with Gasteiger partial charge in [-0.25, -0.2) is 0 Å². The second kappa shape index (κ2) is 7.84. The van der Waals surface area contributed by atoms with Crippen molar-refractivity contribution < 1.29 is 14.2 Å². The molecule has 3 aromatic rings. The van der Waals surface area contributed by atoms with Crippen molar-refractivity contribution in [2.24, 2.45) is 5.73 Å². The maximum Gasteiger partial charge on any atom is 0.244 e. The minimum absolute atomic E-state index is 0.0604. The van der Waals surface area contributed by atoms with Gasteiger partial charge in [0, 0.05) is 5.56 Å². The van der Waals surface area contributed by atoms with E-state index in [-0.39, 0.29) is 5.88 Å². The Morgan fingerprint density at radius 2 is 1.93 bits per heavy atom. The van der Waals surface area contributed by atoms with Crippen LogP contribution in [0.2, 0.25) is 0 Å². The summed E-state index contributed by atoms with van der Waals surface area (Å²) in [5.41, 5.74) is 10.7. The summed E-state index contributed by atoms with van der Waals surface area (Å²) >= 11 is 0. The Labute approximate surface area is 174 Å². The van der Waals surface area contributed by atoms with Crippen LogP contribution in [0.1, 0.15) is 29.5 Å². The third kappa shape index (κ3) is 3.12. The molecule has 152 valence electrons. The zero-order valence-electron chi connectivity index (χ0n) is 17.0. The van der Waals surface area contributed by atoms with E-state index in [0.29, 0.717) is 28.6 Å². The number of hydrogen-bond acceptors (Lipinski definition) is 6. The quantitative estimate of drug-likeness (QED) is 0.671. The van der Waals surface area contributed by atoms with Crippen LogP contribution >= 0.6 is 0 Å². The first-order chi connectivity index (χ1) is 14.6. The average molecular weight is 402 g/mol. The number of allylic oxidation sites excluding steroid dienone is 1. The zero-order valence-corrected chi connectivity index (χ0v) is 17.0. The molecule has 7 nitrogen and oxygen atoms in total. The van der Waals surface area contributed by atoms with Gasteiger partial charge in [0.25, 0.3) is 0 Å². The van der Waals surface area contributed by atoms with Gasteiger partial charge in [0.2, 0.25) is 11.8 Å². The third-order valence-corrected chi connectivity index (χ3v) is 5.34. The molecule has 7 heteroatoms. The number of benzene rings is 2. The second-order valence-corrected chi connectivity index (χ2v) is 6.90. The topological polar surface area (TPSA) is 106 Å². The summed E-state index contributed by atoms with van der Waals surface area (Å²) in [6.45, 7) is 2.10. The number of nitrogens with one attached hydrogen (secondary N) is 1. The molecule has 30 heavy (non-hydrogen) atoms. The summed E-state index contributed by atoms with van der Waals surface area (Å²) in [6, 6.07) is 15.9. The summed E-state index contributed by atoms with van der Waals surface area (Å²) in [5, 5.41) is 17.2. The SMILES string of the molecule is CCc1ccc(C2C(C#N)=C(N)Oc3n[nH]c(-c4cc(OC)ccc4OC)c32)cc1. The first-order valence-electron chi connectivity index (χ1n) is 9.58. The maximum atomic E-state index is 9.86. The number of nitrogens with two attached hydrogens (primary N) is 1. The van der Waals surface area contributed by atoms with Crippen LogP contribution < -0.4 is 19.9 Å². The molecular weight excluding hydrogens is 380 g/mol. The molecule has 1 unspecified atom stereocenters. The lowest BCUT2D eigenvalue weighted by Gasteiger charge is -2.24. The van der Waals surface area contributed by atoms with Gasteiger partial charge in [0.15, 0.2) is 0 Å². The zero-order chi connectivity index (χ0) is 21.3. The minimum Gasteiger partial charge on any atom is -0.497 e. The minimum atomic E-state index is -0.422. The number of aromatic nitrogens is 2. The van der Waals surface area contributed by atoms with Crippen molar-refractivity contribution in [2.45, 2.75) is 19.3 Å². The van der Waals surface area contributed by atoms with Crippen LogP contribution in [0, 0.1) is 11.3 Å². The molecule has 0 aliphatic carbocycles. The van der Waals surface area contributed by atoms with E-state index >= 15 is 0 Å². The van der Waals surface area contributed by atoms with Gasteiger partial charge in [-0.3, -0.25) is 5.10 Å². The Hall–Kier alpha value is -3.92. The average Bonchev–Trinajstić information content (AvgIpc) is 3.20. The van der Waals surface area contributed by atoms with E-state index < -0.39 is 5.92 Å². The van der Waals surface area contributed by atoms with Crippen LogP contribution in [0.4, 0.5) is 0 Å². The molecule has 0 bridgehead atoms. The van der Waals surface area contributed by atoms with Crippen molar-refractivity contribution >= 4 is 0 Å².